The Hall–Kier alpha value is -2.31. The molecule has 0 spiro atoms. The number of methoxy groups -OCH3 is 1. The van der Waals surface area contributed by atoms with Gasteiger partial charge in [-0.2, -0.15) is 0 Å². The van der Waals surface area contributed by atoms with Crippen LogP contribution in [-0.2, 0) is 16.1 Å². The van der Waals surface area contributed by atoms with Crippen molar-refractivity contribution in [1.82, 2.24) is 10.2 Å². The molecule has 0 bridgehead atoms. The van der Waals surface area contributed by atoms with Gasteiger partial charge in [-0.15, -0.1) is 0 Å². The third-order valence-electron chi connectivity index (χ3n) is 4.09. The summed E-state index contributed by atoms with van der Waals surface area (Å²) in [6.45, 7) is 4.46. The number of phenolic OH excluding ortho intramolecular Hbond substituents is 1. The van der Waals surface area contributed by atoms with Gasteiger partial charge in [0.25, 0.3) is 0 Å². The quantitative estimate of drug-likeness (QED) is 0.498. The first-order chi connectivity index (χ1) is 11.5. The molecule has 2 rings (SSSR count). The molecule has 0 amide bonds. The fraction of sp³-hybridized carbons (Fsp3) is 0.529. The number of phenols is 1. The van der Waals surface area contributed by atoms with Gasteiger partial charge in [-0.25, -0.2) is 9.38 Å². The van der Waals surface area contributed by atoms with Crippen LogP contribution in [0.5, 0.6) is 5.75 Å². The molecule has 1 saturated heterocycles. The third kappa shape index (κ3) is 4.59. The number of aliphatic imine (C=N–C) groups is 1. The number of nitrogens with one attached hydrogen (secondary N) is 1. The van der Waals surface area contributed by atoms with Crippen molar-refractivity contribution in [3.63, 3.8) is 0 Å². The minimum Gasteiger partial charge on any atom is -0.505 e. The molecule has 1 aromatic carbocycles. The summed E-state index contributed by atoms with van der Waals surface area (Å²) in [6, 6.07) is 4.26. The third-order valence-corrected chi connectivity index (χ3v) is 4.09. The van der Waals surface area contributed by atoms with Gasteiger partial charge >= 0.3 is 5.97 Å². The summed E-state index contributed by atoms with van der Waals surface area (Å²) in [5, 5.41) is 12.5. The van der Waals surface area contributed by atoms with E-state index in [1.54, 1.807) is 6.07 Å². The number of benzene rings is 1. The number of guanidine groups is 1. The van der Waals surface area contributed by atoms with Gasteiger partial charge in [-0.1, -0.05) is 6.07 Å². The van der Waals surface area contributed by atoms with Gasteiger partial charge in [0.2, 0.25) is 0 Å². The van der Waals surface area contributed by atoms with Crippen LogP contribution in [0.1, 0.15) is 25.3 Å². The first-order valence-electron chi connectivity index (χ1n) is 8.13. The minimum absolute atomic E-state index is 0.0553. The van der Waals surface area contributed by atoms with Crippen LogP contribution in [0.4, 0.5) is 4.39 Å². The summed E-state index contributed by atoms with van der Waals surface area (Å²) in [5.41, 5.74) is 0.685. The number of hydrogen-bond donors (Lipinski definition) is 2. The molecule has 0 aliphatic carbocycles. The number of nitrogens with zero attached hydrogens (tertiary/aromatic N) is 2. The number of piperidine rings is 1. The largest absolute Gasteiger partial charge is 0.505 e. The summed E-state index contributed by atoms with van der Waals surface area (Å²) in [6.07, 6.45) is 1.45. The summed E-state index contributed by atoms with van der Waals surface area (Å²) >= 11 is 0. The SMILES string of the molecule is CCNC(=NCc1ccc(O)c(F)c1)N1CCC(C(=O)OC)CC1. The lowest BCUT2D eigenvalue weighted by atomic mass is 9.97. The number of carbonyl (C=O) groups excluding carboxylic acids is 1. The molecule has 0 saturated carbocycles. The second-order valence-corrected chi connectivity index (χ2v) is 5.74. The highest BCUT2D eigenvalue weighted by atomic mass is 19.1. The van der Waals surface area contributed by atoms with Gasteiger partial charge in [-0.3, -0.25) is 4.79 Å². The lowest BCUT2D eigenvalue weighted by Crippen LogP contribution is -2.46. The summed E-state index contributed by atoms with van der Waals surface area (Å²) in [7, 11) is 1.41. The van der Waals surface area contributed by atoms with Crippen LogP contribution < -0.4 is 5.32 Å². The van der Waals surface area contributed by atoms with Gasteiger partial charge in [0.1, 0.15) is 0 Å². The molecule has 0 unspecified atom stereocenters. The van der Waals surface area contributed by atoms with Crippen molar-refractivity contribution in [1.29, 1.82) is 0 Å². The van der Waals surface area contributed by atoms with E-state index in [0.29, 0.717) is 12.1 Å². The molecule has 24 heavy (non-hydrogen) atoms. The fourth-order valence-corrected chi connectivity index (χ4v) is 2.73. The van der Waals surface area contributed by atoms with Crippen molar-refractivity contribution < 1.29 is 19.0 Å². The number of aromatic hydroxyl groups is 1. The van der Waals surface area contributed by atoms with E-state index in [1.165, 1.54) is 19.2 Å². The van der Waals surface area contributed by atoms with Crippen molar-refractivity contribution >= 4 is 11.9 Å². The zero-order valence-electron chi connectivity index (χ0n) is 14.1. The number of likely N-dealkylation sites (tertiary alicyclic amines) is 1. The first kappa shape index (κ1) is 18.0. The van der Waals surface area contributed by atoms with Gasteiger partial charge in [0.15, 0.2) is 17.5 Å². The first-order valence-corrected chi connectivity index (χ1v) is 8.13. The Morgan fingerprint density at radius 3 is 2.75 bits per heavy atom. The minimum atomic E-state index is -0.647. The molecule has 132 valence electrons. The Bertz CT molecular complexity index is 599. The predicted molar refractivity (Wildman–Crippen MR) is 89.2 cm³/mol. The Morgan fingerprint density at radius 2 is 2.17 bits per heavy atom. The average Bonchev–Trinajstić information content (AvgIpc) is 2.61. The molecule has 1 heterocycles. The zero-order chi connectivity index (χ0) is 17.5. The Morgan fingerprint density at radius 1 is 1.46 bits per heavy atom. The van der Waals surface area contributed by atoms with Crippen LogP contribution >= 0.6 is 0 Å². The van der Waals surface area contributed by atoms with Crippen LogP contribution in [0, 0.1) is 11.7 Å². The van der Waals surface area contributed by atoms with Gasteiger partial charge in [-0.05, 0) is 37.5 Å². The second kappa shape index (κ2) is 8.52. The van der Waals surface area contributed by atoms with Gasteiger partial charge in [0, 0.05) is 19.6 Å². The Labute approximate surface area is 141 Å². The van der Waals surface area contributed by atoms with Crippen molar-refractivity contribution in [2.75, 3.05) is 26.7 Å². The zero-order valence-corrected chi connectivity index (χ0v) is 14.1. The average molecular weight is 337 g/mol. The number of hydrogen-bond acceptors (Lipinski definition) is 4. The number of carbonyl (C=O) groups is 1. The molecule has 1 fully saturated rings. The maximum atomic E-state index is 13.4. The molecule has 0 radical (unpaired) electrons. The van der Waals surface area contributed by atoms with E-state index in [9.17, 15) is 14.3 Å². The van der Waals surface area contributed by atoms with Crippen LogP contribution in [-0.4, -0.2) is 48.7 Å². The van der Waals surface area contributed by atoms with E-state index >= 15 is 0 Å². The molecule has 1 aliphatic heterocycles. The Kier molecular flexibility index (Phi) is 6.40. The number of halogens is 1. The highest BCUT2D eigenvalue weighted by Crippen LogP contribution is 2.19. The lowest BCUT2D eigenvalue weighted by molar-refractivity contribution is -0.146. The van der Waals surface area contributed by atoms with Gasteiger partial charge in [0.05, 0.1) is 19.6 Å². The van der Waals surface area contributed by atoms with E-state index < -0.39 is 5.82 Å². The van der Waals surface area contributed by atoms with E-state index in [2.05, 4.69) is 15.2 Å². The van der Waals surface area contributed by atoms with Crippen molar-refractivity contribution in [3.05, 3.63) is 29.6 Å². The maximum absolute atomic E-state index is 13.4. The van der Waals surface area contributed by atoms with Crippen LogP contribution in [0.25, 0.3) is 0 Å². The predicted octanol–water partition coefficient (Wildman–Crippen LogP) is 1.88. The van der Waals surface area contributed by atoms with Crippen molar-refractivity contribution in [3.8, 4) is 5.75 Å². The van der Waals surface area contributed by atoms with E-state index in [0.717, 1.165) is 38.4 Å². The molecule has 1 aromatic rings. The molecule has 0 aromatic heterocycles. The highest BCUT2D eigenvalue weighted by molar-refractivity contribution is 5.80. The standard InChI is InChI=1S/C17H24FN3O3/c1-3-19-17(20-11-12-4-5-15(22)14(18)10-12)21-8-6-13(7-9-21)16(23)24-2/h4-5,10,13,22H,3,6-9,11H2,1-2H3,(H,19,20). The van der Waals surface area contributed by atoms with Crippen molar-refractivity contribution in [2.45, 2.75) is 26.3 Å². The van der Waals surface area contributed by atoms with Crippen LogP contribution in [0.15, 0.2) is 23.2 Å². The molecule has 6 nitrogen and oxygen atoms in total. The second-order valence-electron chi connectivity index (χ2n) is 5.74. The molecular formula is C17H24FN3O3. The van der Waals surface area contributed by atoms with E-state index in [4.69, 9.17) is 4.74 Å². The van der Waals surface area contributed by atoms with Crippen LogP contribution in [0.2, 0.25) is 0 Å². The van der Waals surface area contributed by atoms with Crippen LogP contribution in [0.3, 0.4) is 0 Å². The molecule has 1 aliphatic rings. The number of rotatable bonds is 4. The lowest BCUT2D eigenvalue weighted by Gasteiger charge is -2.33. The number of esters is 1. The molecule has 0 atom stereocenters. The molecule has 7 heteroatoms. The molecule has 2 N–H and O–H groups in total. The normalized spacial score (nSPS) is 16.1. The summed E-state index contributed by atoms with van der Waals surface area (Å²) < 4.78 is 18.2. The monoisotopic (exact) mass is 337 g/mol. The summed E-state index contributed by atoms with van der Waals surface area (Å²) in [5.74, 6) is -0.475. The maximum Gasteiger partial charge on any atom is 0.308 e. The van der Waals surface area contributed by atoms with E-state index in [-0.39, 0.29) is 17.6 Å². The highest BCUT2D eigenvalue weighted by Gasteiger charge is 2.26. The smallest absolute Gasteiger partial charge is 0.308 e. The van der Waals surface area contributed by atoms with Gasteiger partial charge < -0.3 is 20.1 Å². The summed E-state index contributed by atoms with van der Waals surface area (Å²) in [4.78, 5) is 18.2. The van der Waals surface area contributed by atoms with E-state index in [1.807, 2.05) is 6.92 Å². The topological polar surface area (TPSA) is 74.2 Å². The van der Waals surface area contributed by atoms with Crippen molar-refractivity contribution in [2.24, 2.45) is 10.9 Å². The Balaban J connectivity index is 2.01. The fourth-order valence-electron chi connectivity index (χ4n) is 2.73. The molecular weight excluding hydrogens is 313 g/mol. The number of ether oxygens (including phenoxy) is 1.